The molecule has 5 nitrogen and oxygen atoms in total. The Hall–Kier alpha value is -4.00. The Balaban J connectivity index is 2.01. The Labute approximate surface area is 177 Å². The van der Waals surface area contributed by atoms with Crippen molar-refractivity contribution in [3.8, 4) is 11.1 Å². The number of carbonyl (C=O) groups is 1. The van der Waals surface area contributed by atoms with E-state index in [1.54, 1.807) is 43.6 Å². The Morgan fingerprint density at radius 2 is 1.61 bits per heavy atom. The minimum Gasteiger partial charge on any atom is -0.353 e. The zero-order chi connectivity index (χ0) is 22.1. The first-order valence-electron chi connectivity index (χ1n) is 9.56. The first-order valence-corrected chi connectivity index (χ1v) is 9.56. The zero-order valence-electron chi connectivity index (χ0n) is 16.9. The Morgan fingerprint density at radius 3 is 2.32 bits per heavy atom. The summed E-state index contributed by atoms with van der Waals surface area (Å²) in [5.41, 5.74) is 2.15. The van der Waals surface area contributed by atoms with Crippen molar-refractivity contribution >= 4 is 33.7 Å². The van der Waals surface area contributed by atoms with Gasteiger partial charge in [-0.3, -0.25) is 9.59 Å². The van der Waals surface area contributed by atoms with E-state index in [1.165, 1.54) is 17.6 Å². The minimum atomic E-state index is -0.749. The van der Waals surface area contributed by atoms with Gasteiger partial charge in [0.25, 0.3) is 5.56 Å². The highest BCUT2D eigenvalue weighted by Crippen LogP contribution is 2.40. The van der Waals surface area contributed by atoms with E-state index < -0.39 is 11.6 Å². The number of nitrogens with zero attached hydrogens (tertiary/aromatic N) is 1. The quantitative estimate of drug-likeness (QED) is 0.479. The van der Waals surface area contributed by atoms with Crippen molar-refractivity contribution in [3.05, 3.63) is 88.8 Å². The average Bonchev–Trinajstić information content (AvgIpc) is 2.73. The zero-order valence-corrected chi connectivity index (χ0v) is 16.9. The lowest BCUT2D eigenvalue weighted by atomic mass is 9.97. The van der Waals surface area contributed by atoms with Crippen LogP contribution in [-0.4, -0.2) is 10.5 Å². The maximum atomic E-state index is 14.3. The van der Waals surface area contributed by atoms with Gasteiger partial charge in [-0.25, -0.2) is 8.78 Å². The van der Waals surface area contributed by atoms with Crippen LogP contribution in [0.25, 0.3) is 21.9 Å². The fourth-order valence-electron chi connectivity index (χ4n) is 3.59. The molecule has 31 heavy (non-hydrogen) atoms. The molecule has 0 bridgehead atoms. The minimum absolute atomic E-state index is 0.0803. The number of aryl methyl sites for hydroxylation is 1. The average molecular weight is 419 g/mol. The summed E-state index contributed by atoms with van der Waals surface area (Å²) in [5.74, 6) is -1.71. The highest BCUT2D eigenvalue weighted by Gasteiger charge is 2.18. The van der Waals surface area contributed by atoms with Gasteiger partial charge in [0.15, 0.2) is 0 Å². The number of nitrogens with one attached hydrogen (secondary N) is 2. The molecule has 4 rings (SSSR count). The molecule has 0 saturated carbocycles. The van der Waals surface area contributed by atoms with Gasteiger partial charge >= 0.3 is 0 Å². The topological polar surface area (TPSA) is 63.1 Å². The molecule has 3 aromatic carbocycles. The second-order valence-corrected chi connectivity index (χ2v) is 7.16. The van der Waals surface area contributed by atoms with Crippen LogP contribution in [0.5, 0.6) is 0 Å². The van der Waals surface area contributed by atoms with Gasteiger partial charge in [-0.05, 0) is 35.7 Å². The van der Waals surface area contributed by atoms with Gasteiger partial charge in [-0.15, -0.1) is 0 Å². The first kappa shape index (κ1) is 20.3. The van der Waals surface area contributed by atoms with Gasteiger partial charge in [0, 0.05) is 48.4 Å². The second kappa shape index (κ2) is 8.02. The third-order valence-electron chi connectivity index (χ3n) is 4.94. The highest BCUT2D eigenvalue weighted by atomic mass is 19.1. The maximum absolute atomic E-state index is 14.3. The predicted octanol–water partition coefficient (Wildman–Crippen LogP) is 5.19. The number of pyridine rings is 1. The monoisotopic (exact) mass is 419 g/mol. The van der Waals surface area contributed by atoms with Gasteiger partial charge < -0.3 is 15.2 Å². The van der Waals surface area contributed by atoms with Gasteiger partial charge in [0.05, 0.1) is 11.4 Å². The van der Waals surface area contributed by atoms with Gasteiger partial charge in [0.1, 0.15) is 11.6 Å². The van der Waals surface area contributed by atoms with Crippen molar-refractivity contribution in [1.29, 1.82) is 0 Å². The van der Waals surface area contributed by atoms with Gasteiger partial charge in [-0.1, -0.05) is 24.3 Å². The molecule has 156 valence electrons. The molecule has 1 amide bonds. The largest absolute Gasteiger partial charge is 0.353 e. The van der Waals surface area contributed by atoms with E-state index in [0.717, 1.165) is 12.1 Å². The molecule has 1 heterocycles. The van der Waals surface area contributed by atoms with Crippen molar-refractivity contribution in [2.75, 3.05) is 10.6 Å². The van der Waals surface area contributed by atoms with Crippen LogP contribution in [0.4, 0.5) is 25.8 Å². The molecule has 0 aliphatic heterocycles. The van der Waals surface area contributed by atoms with Crippen LogP contribution in [0.1, 0.15) is 6.92 Å². The summed E-state index contributed by atoms with van der Waals surface area (Å²) in [7, 11) is 1.64. The van der Waals surface area contributed by atoms with Gasteiger partial charge in [-0.2, -0.15) is 0 Å². The van der Waals surface area contributed by atoms with Crippen molar-refractivity contribution in [1.82, 2.24) is 4.57 Å². The maximum Gasteiger partial charge on any atom is 0.258 e. The lowest BCUT2D eigenvalue weighted by molar-refractivity contribution is -0.114. The number of fused-ring (bicyclic) bond motifs is 1. The highest BCUT2D eigenvalue weighted by molar-refractivity contribution is 6.06. The fourth-order valence-corrected chi connectivity index (χ4v) is 3.59. The molecule has 7 heteroatoms. The van der Waals surface area contributed by atoms with Gasteiger partial charge in [0.2, 0.25) is 5.91 Å². The Kier molecular flexibility index (Phi) is 5.25. The smallest absolute Gasteiger partial charge is 0.258 e. The third-order valence-corrected chi connectivity index (χ3v) is 4.94. The number of hydrogen-bond donors (Lipinski definition) is 2. The van der Waals surface area contributed by atoms with E-state index in [0.29, 0.717) is 33.3 Å². The molecule has 0 fully saturated rings. The second-order valence-electron chi connectivity index (χ2n) is 7.16. The molecule has 0 radical (unpaired) electrons. The number of benzene rings is 3. The molecule has 0 aliphatic carbocycles. The van der Waals surface area contributed by atoms with E-state index in [1.807, 2.05) is 12.1 Å². The molecule has 0 spiro atoms. The fraction of sp³-hybridized carbons (Fsp3) is 0.0833. The molecular weight excluding hydrogens is 400 g/mol. The molecule has 0 saturated heterocycles. The normalized spacial score (nSPS) is 10.8. The van der Waals surface area contributed by atoms with E-state index in [9.17, 15) is 18.4 Å². The van der Waals surface area contributed by atoms with Crippen molar-refractivity contribution in [3.63, 3.8) is 0 Å². The summed E-state index contributed by atoms with van der Waals surface area (Å²) in [6.07, 6.45) is 1.68. The number of rotatable bonds is 4. The number of hydrogen-bond acceptors (Lipinski definition) is 3. The summed E-state index contributed by atoms with van der Waals surface area (Å²) >= 11 is 0. The van der Waals surface area contributed by atoms with E-state index in [4.69, 9.17) is 0 Å². The lowest BCUT2D eigenvalue weighted by Gasteiger charge is -2.19. The number of halogens is 2. The molecule has 0 unspecified atom stereocenters. The predicted molar refractivity (Wildman–Crippen MR) is 119 cm³/mol. The number of aromatic nitrogens is 1. The van der Waals surface area contributed by atoms with Crippen LogP contribution >= 0.6 is 0 Å². The van der Waals surface area contributed by atoms with E-state index >= 15 is 0 Å². The van der Waals surface area contributed by atoms with Crippen molar-refractivity contribution < 1.29 is 13.6 Å². The standard InChI is InChI=1S/C24H19F2N3O2/c1-14(30)27-21-8-5-9-22(28-20-11-10-15(25)12-19(20)26)23(21)18-13-29(2)24(31)17-7-4-3-6-16(17)18/h3-13,28H,1-2H3,(H,27,30). The SMILES string of the molecule is CC(=O)Nc1cccc(Nc2ccc(F)cc2F)c1-c1cn(C)c(=O)c2ccccc12. The molecular formula is C24H19F2N3O2. The van der Waals surface area contributed by atoms with Crippen LogP contribution < -0.4 is 16.2 Å². The first-order chi connectivity index (χ1) is 14.8. The van der Waals surface area contributed by atoms with Crippen LogP contribution in [0.2, 0.25) is 0 Å². The van der Waals surface area contributed by atoms with E-state index in [2.05, 4.69) is 10.6 Å². The summed E-state index contributed by atoms with van der Waals surface area (Å²) in [5, 5.41) is 7.00. The summed E-state index contributed by atoms with van der Waals surface area (Å²) in [6, 6.07) is 15.6. The molecule has 1 aromatic heterocycles. The lowest BCUT2D eigenvalue weighted by Crippen LogP contribution is -2.17. The van der Waals surface area contributed by atoms with Crippen LogP contribution in [-0.2, 0) is 11.8 Å². The summed E-state index contributed by atoms with van der Waals surface area (Å²) < 4.78 is 29.1. The van der Waals surface area contributed by atoms with E-state index in [-0.39, 0.29) is 17.2 Å². The number of anilines is 3. The van der Waals surface area contributed by atoms with Crippen LogP contribution in [0.15, 0.2) is 71.7 Å². The summed E-state index contributed by atoms with van der Waals surface area (Å²) in [6.45, 7) is 1.39. The van der Waals surface area contributed by atoms with Crippen LogP contribution in [0, 0.1) is 11.6 Å². The molecule has 0 atom stereocenters. The molecule has 4 aromatic rings. The Morgan fingerprint density at radius 1 is 0.903 bits per heavy atom. The van der Waals surface area contributed by atoms with Crippen molar-refractivity contribution in [2.24, 2.45) is 7.05 Å². The Bertz CT molecular complexity index is 1380. The van der Waals surface area contributed by atoms with Crippen molar-refractivity contribution in [2.45, 2.75) is 6.92 Å². The molecule has 2 N–H and O–H groups in total. The number of carbonyl (C=O) groups excluding carboxylic acids is 1. The number of amides is 1. The molecule has 0 aliphatic rings. The third kappa shape index (κ3) is 3.90. The summed E-state index contributed by atoms with van der Waals surface area (Å²) in [4.78, 5) is 24.5. The van der Waals surface area contributed by atoms with Crippen LogP contribution in [0.3, 0.4) is 0 Å².